The van der Waals surface area contributed by atoms with E-state index in [1.165, 1.54) is 19.2 Å². The van der Waals surface area contributed by atoms with E-state index in [9.17, 15) is 23.2 Å². The molecule has 4 atom stereocenters. The first kappa shape index (κ1) is 41.2. The summed E-state index contributed by atoms with van der Waals surface area (Å²) in [4.78, 5) is 44.2. The fraction of sp³-hybridized carbons (Fsp3) is 0.615. The van der Waals surface area contributed by atoms with Crippen molar-refractivity contribution in [3.63, 3.8) is 0 Å². The number of ether oxygens (including phenoxy) is 3. The Morgan fingerprint density at radius 3 is 2.25 bits per heavy atom. The molecule has 3 amide bonds. The number of hydrogen-bond acceptors (Lipinski definition) is 7. The van der Waals surface area contributed by atoms with Gasteiger partial charge in [0.15, 0.2) is 8.32 Å². The fourth-order valence-electron chi connectivity index (χ4n) is 6.41. The number of halogens is 2. The smallest absolute Gasteiger partial charge is 0.410 e. The maximum Gasteiger partial charge on any atom is 0.410 e. The van der Waals surface area contributed by atoms with Gasteiger partial charge in [-0.05, 0) is 94.4 Å². The van der Waals surface area contributed by atoms with Gasteiger partial charge in [-0.15, -0.1) is 0 Å². The Balaban J connectivity index is 1.85. The minimum absolute atomic E-state index is 0.0136. The van der Waals surface area contributed by atoms with E-state index in [0.29, 0.717) is 49.4 Å². The van der Waals surface area contributed by atoms with Crippen LogP contribution in [-0.2, 0) is 25.1 Å². The molecule has 0 saturated carbocycles. The third kappa shape index (κ3) is 10.5. The van der Waals surface area contributed by atoms with Crippen molar-refractivity contribution in [2.45, 2.75) is 129 Å². The van der Waals surface area contributed by atoms with E-state index in [-0.39, 0.29) is 35.6 Å². The van der Waals surface area contributed by atoms with Gasteiger partial charge in [-0.1, -0.05) is 27.7 Å². The number of carbonyl (C=O) groups excluding carboxylic acids is 3. The first-order valence-electron chi connectivity index (χ1n) is 18.3. The molecule has 2 heterocycles. The number of methoxy groups -OCH3 is 1. The number of anilines is 1. The topological polar surface area (TPSA) is 107 Å². The van der Waals surface area contributed by atoms with Crippen molar-refractivity contribution < 1.29 is 41.8 Å². The number of benzene rings is 2. The highest BCUT2D eigenvalue weighted by molar-refractivity contribution is 6.74. The zero-order valence-electron chi connectivity index (χ0n) is 32.4. The van der Waals surface area contributed by atoms with Crippen molar-refractivity contribution in [2.24, 2.45) is 0 Å². The van der Waals surface area contributed by atoms with Crippen LogP contribution in [0, 0.1) is 11.6 Å². The molecule has 0 aromatic heterocycles. The first-order chi connectivity index (χ1) is 24.2. The van der Waals surface area contributed by atoms with Gasteiger partial charge in [0.2, 0.25) is 5.91 Å². The zero-order chi connectivity index (χ0) is 38.6. The Morgan fingerprint density at radius 2 is 1.69 bits per heavy atom. The number of amides is 3. The normalized spacial score (nSPS) is 19.5. The van der Waals surface area contributed by atoms with Crippen LogP contribution in [0.2, 0.25) is 18.1 Å². The molecule has 2 fully saturated rings. The number of likely N-dealkylation sites (tertiary alicyclic amines) is 1. The Labute approximate surface area is 308 Å². The minimum atomic E-state index is -2.66. The third-order valence-corrected chi connectivity index (χ3v) is 14.4. The van der Waals surface area contributed by atoms with Crippen molar-refractivity contribution >= 4 is 31.9 Å². The summed E-state index contributed by atoms with van der Waals surface area (Å²) in [7, 11) is -1.17. The molecule has 13 heteroatoms. The standard InChI is InChI=1S/C39H57F2N3O7Si/c1-11-15-49-31-23-33(44(24-31)37(47)50-38(2,3)4)35(51-52(9,10)39(5,6)7)32(18-25-16-27(40)21-28(41)17-25)42-36(46)26-19-29(22-30(20-26)48-8)43-14-12-13-34(43)45/h16-17,19-22,31-33,35H,11-15,18,23-24H2,1-10H3,(H,42,46)/t31?,32-,33?,35-/m0/s1. The van der Waals surface area contributed by atoms with Gasteiger partial charge < -0.3 is 28.9 Å². The average molecular weight is 746 g/mol. The Kier molecular flexibility index (Phi) is 13.2. The molecular formula is C39H57F2N3O7Si. The summed E-state index contributed by atoms with van der Waals surface area (Å²) >= 11 is 0. The molecule has 2 unspecified atom stereocenters. The molecule has 0 spiro atoms. The van der Waals surface area contributed by atoms with E-state index >= 15 is 0 Å². The quantitative estimate of drug-likeness (QED) is 0.210. The van der Waals surface area contributed by atoms with Crippen molar-refractivity contribution in [2.75, 3.05) is 31.7 Å². The van der Waals surface area contributed by atoms with Crippen LogP contribution >= 0.6 is 0 Å². The van der Waals surface area contributed by atoms with Gasteiger partial charge in [0.05, 0.1) is 37.9 Å². The second kappa shape index (κ2) is 16.6. The highest BCUT2D eigenvalue weighted by atomic mass is 28.4. The minimum Gasteiger partial charge on any atom is -0.497 e. The van der Waals surface area contributed by atoms with Crippen LogP contribution in [0.25, 0.3) is 0 Å². The van der Waals surface area contributed by atoms with Crippen LogP contribution in [0.1, 0.15) is 90.1 Å². The van der Waals surface area contributed by atoms with Crippen LogP contribution in [0.4, 0.5) is 19.3 Å². The summed E-state index contributed by atoms with van der Waals surface area (Å²) in [5, 5.41) is 2.88. The van der Waals surface area contributed by atoms with Crippen LogP contribution in [0.3, 0.4) is 0 Å². The van der Waals surface area contributed by atoms with E-state index in [0.717, 1.165) is 12.5 Å². The Bertz CT molecular complexity index is 1570. The molecule has 288 valence electrons. The molecule has 52 heavy (non-hydrogen) atoms. The Morgan fingerprint density at radius 1 is 1.02 bits per heavy atom. The second-order valence-electron chi connectivity index (χ2n) is 16.4. The molecule has 1 N–H and O–H groups in total. The summed E-state index contributed by atoms with van der Waals surface area (Å²) in [5.41, 5.74) is 0.289. The van der Waals surface area contributed by atoms with E-state index in [1.807, 2.05) is 6.92 Å². The number of carbonyl (C=O) groups is 3. The molecule has 4 rings (SSSR count). The van der Waals surface area contributed by atoms with E-state index in [4.69, 9.17) is 18.6 Å². The predicted octanol–water partition coefficient (Wildman–Crippen LogP) is 7.64. The summed E-state index contributed by atoms with van der Waals surface area (Å²) in [6.07, 6.45) is 0.563. The molecule has 2 saturated heterocycles. The van der Waals surface area contributed by atoms with E-state index in [1.54, 1.807) is 48.8 Å². The summed E-state index contributed by atoms with van der Waals surface area (Å²) in [6.45, 7) is 19.1. The molecule has 2 aliphatic heterocycles. The highest BCUT2D eigenvalue weighted by Gasteiger charge is 2.49. The van der Waals surface area contributed by atoms with Crippen molar-refractivity contribution in [3.05, 3.63) is 59.2 Å². The van der Waals surface area contributed by atoms with E-state index in [2.05, 4.69) is 39.2 Å². The second-order valence-corrected chi connectivity index (χ2v) is 21.2. The third-order valence-electron chi connectivity index (χ3n) is 9.97. The van der Waals surface area contributed by atoms with E-state index < -0.39 is 55.7 Å². The first-order valence-corrected chi connectivity index (χ1v) is 21.2. The fourth-order valence-corrected chi connectivity index (χ4v) is 7.77. The lowest BCUT2D eigenvalue weighted by Crippen LogP contribution is -2.60. The monoisotopic (exact) mass is 745 g/mol. The maximum absolute atomic E-state index is 14.7. The van der Waals surface area contributed by atoms with Crippen LogP contribution < -0.4 is 15.0 Å². The van der Waals surface area contributed by atoms with Gasteiger partial charge in [0.25, 0.3) is 5.91 Å². The number of nitrogens with one attached hydrogen (secondary N) is 1. The molecule has 0 radical (unpaired) electrons. The molecule has 0 aliphatic carbocycles. The lowest BCUT2D eigenvalue weighted by Gasteiger charge is -2.45. The number of nitrogens with zero attached hydrogens (tertiary/aromatic N) is 2. The van der Waals surface area contributed by atoms with Crippen molar-refractivity contribution in [1.82, 2.24) is 10.2 Å². The maximum atomic E-state index is 14.7. The molecule has 2 aromatic carbocycles. The van der Waals surface area contributed by atoms with Crippen LogP contribution in [0.15, 0.2) is 36.4 Å². The lowest BCUT2D eigenvalue weighted by molar-refractivity contribution is -0.117. The zero-order valence-corrected chi connectivity index (χ0v) is 33.4. The lowest BCUT2D eigenvalue weighted by atomic mass is 9.94. The molecule has 10 nitrogen and oxygen atoms in total. The molecule has 2 aliphatic rings. The summed E-state index contributed by atoms with van der Waals surface area (Å²) in [6, 6.07) is 6.70. The van der Waals surface area contributed by atoms with Crippen molar-refractivity contribution in [3.8, 4) is 5.75 Å². The number of hydrogen-bond donors (Lipinski definition) is 1. The highest BCUT2D eigenvalue weighted by Crippen LogP contribution is 2.40. The number of rotatable bonds is 13. The largest absolute Gasteiger partial charge is 0.497 e. The van der Waals surface area contributed by atoms with Gasteiger partial charge in [0, 0.05) is 43.0 Å². The van der Waals surface area contributed by atoms with Crippen LogP contribution in [-0.4, -0.2) is 87.8 Å². The SMILES string of the molecule is CCCOC1CC([C@@H](O[Si](C)(C)C(C)(C)C)[C@H](Cc2cc(F)cc(F)c2)NC(=O)c2cc(OC)cc(N3CCCC3=O)c2)N(C(=O)OC(C)(C)C)C1. The molecule has 2 aromatic rings. The van der Waals surface area contributed by atoms with Gasteiger partial charge >= 0.3 is 6.09 Å². The van der Waals surface area contributed by atoms with Gasteiger partial charge in [0.1, 0.15) is 23.0 Å². The van der Waals surface area contributed by atoms with Crippen LogP contribution in [0.5, 0.6) is 5.75 Å². The Hall–Kier alpha value is -3.55. The van der Waals surface area contributed by atoms with Gasteiger partial charge in [-0.2, -0.15) is 0 Å². The predicted molar refractivity (Wildman–Crippen MR) is 199 cm³/mol. The summed E-state index contributed by atoms with van der Waals surface area (Å²) < 4.78 is 54.1. The summed E-state index contributed by atoms with van der Waals surface area (Å²) in [5.74, 6) is -1.66. The van der Waals surface area contributed by atoms with Gasteiger partial charge in [-0.3, -0.25) is 14.5 Å². The van der Waals surface area contributed by atoms with Gasteiger partial charge in [-0.25, -0.2) is 13.6 Å². The van der Waals surface area contributed by atoms with Crippen molar-refractivity contribution in [1.29, 1.82) is 0 Å². The molecule has 0 bridgehead atoms. The average Bonchev–Trinajstić information content (AvgIpc) is 3.66. The molecular weight excluding hydrogens is 689 g/mol.